The fourth-order valence-electron chi connectivity index (χ4n) is 4.54. The van der Waals surface area contributed by atoms with Crippen LogP contribution in [0.15, 0.2) is 54.2 Å². The van der Waals surface area contributed by atoms with Crippen molar-refractivity contribution in [3.8, 4) is 0 Å². The Labute approximate surface area is 191 Å². The number of hydrogen-bond donors (Lipinski definition) is 3. The van der Waals surface area contributed by atoms with Crippen LogP contribution >= 0.6 is 11.6 Å². The third-order valence-electron chi connectivity index (χ3n) is 6.35. The predicted octanol–water partition coefficient (Wildman–Crippen LogP) is 5.63. The van der Waals surface area contributed by atoms with Gasteiger partial charge in [0.25, 0.3) is 0 Å². The van der Waals surface area contributed by atoms with Crippen molar-refractivity contribution >= 4 is 28.6 Å². The number of benzene rings is 2. The van der Waals surface area contributed by atoms with Gasteiger partial charge in [-0.25, -0.2) is 0 Å². The number of fused-ring (bicyclic) bond motifs is 1. The lowest BCUT2D eigenvalue weighted by molar-refractivity contribution is 0.245. The SMILES string of the molecule is C/C(N)=C1/NCCC(Nc2ccc(Cl)cc2)c2cc(C3=CCN(C(C)C)CC3)ccc21. The first-order chi connectivity index (χ1) is 14.9. The fourth-order valence-corrected chi connectivity index (χ4v) is 4.66. The van der Waals surface area contributed by atoms with Gasteiger partial charge in [-0.3, -0.25) is 4.90 Å². The number of rotatable bonds is 4. The molecule has 0 bridgehead atoms. The van der Waals surface area contributed by atoms with Gasteiger partial charge in [0, 0.05) is 47.6 Å². The molecule has 1 unspecified atom stereocenters. The van der Waals surface area contributed by atoms with Gasteiger partial charge in [0.05, 0.1) is 11.7 Å². The molecular formula is C26H33ClN4. The van der Waals surface area contributed by atoms with Crippen LogP contribution in [-0.2, 0) is 0 Å². The van der Waals surface area contributed by atoms with Crippen LogP contribution < -0.4 is 16.4 Å². The second kappa shape index (κ2) is 9.37. The number of allylic oxidation sites excluding steroid dienone is 1. The Bertz CT molecular complexity index is 987. The van der Waals surface area contributed by atoms with Crippen LogP contribution in [0.4, 0.5) is 5.69 Å². The van der Waals surface area contributed by atoms with E-state index >= 15 is 0 Å². The summed E-state index contributed by atoms with van der Waals surface area (Å²) in [7, 11) is 0. The molecule has 4 N–H and O–H groups in total. The molecule has 5 heteroatoms. The van der Waals surface area contributed by atoms with E-state index in [1.807, 2.05) is 31.2 Å². The molecule has 2 aromatic carbocycles. The van der Waals surface area contributed by atoms with Gasteiger partial charge < -0.3 is 16.4 Å². The van der Waals surface area contributed by atoms with E-state index in [1.165, 1.54) is 22.3 Å². The number of nitrogens with two attached hydrogens (primary N) is 1. The smallest absolute Gasteiger partial charge is 0.0605 e. The normalized spacial score (nSPS) is 21.1. The fraction of sp³-hybridized carbons (Fsp3) is 0.385. The minimum Gasteiger partial charge on any atom is -0.401 e. The third-order valence-corrected chi connectivity index (χ3v) is 6.60. The minimum absolute atomic E-state index is 0.192. The van der Waals surface area contributed by atoms with E-state index in [0.717, 1.165) is 54.6 Å². The quantitative estimate of drug-likeness (QED) is 0.581. The topological polar surface area (TPSA) is 53.3 Å². The van der Waals surface area contributed by atoms with E-state index in [4.69, 9.17) is 17.3 Å². The maximum absolute atomic E-state index is 6.26. The van der Waals surface area contributed by atoms with Crippen LogP contribution in [-0.4, -0.2) is 30.6 Å². The Kier molecular flexibility index (Phi) is 6.59. The second-order valence-electron chi connectivity index (χ2n) is 8.85. The maximum atomic E-state index is 6.26. The van der Waals surface area contributed by atoms with Crippen LogP contribution in [0.2, 0.25) is 5.02 Å². The summed E-state index contributed by atoms with van der Waals surface area (Å²) in [5.41, 5.74) is 14.4. The highest BCUT2D eigenvalue weighted by Gasteiger charge is 2.24. The van der Waals surface area contributed by atoms with Crippen LogP contribution in [0.1, 0.15) is 56.3 Å². The number of nitrogens with one attached hydrogen (secondary N) is 2. The van der Waals surface area contributed by atoms with Crippen molar-refractivity contribution in [2.75, 3.05) is 25.0 Å². The van der Waals surface area contributed by atoms with E-state index in [-0.39, 0.29) is 6.04 Å². The number of anilines is 1. The first-order valence-electron chi connectivity index (χ1n) is 11.2. The summed E-state index contributed by atoms with van der Waals surface area (Å²) in [6.07, 6.45) is 4.45. The van der Waals surface area contributed by atoms with Crippen LogP contribution in [0, 0.1) is 0 Å². The highest BCUT2D eigenvalue weighted by Crippen LogP contribution is 2.35. The van der Waals surface area contributed by atoms with Gasteiger partial charge in [0.2, 0.25) is 0 Å². The summed E-state index contributed by atoms with van der Waals surface area (Å²) in [5, 5.41) is 8.03. The molecule has 2 aromatic rings. The average molecular weight is 437 g/mol. The molecule has 2 aliphatic rings. The summed E-state index contributed by atoms with van der Waals surface area (Å²) < 4.78 is 0. The van der Waals surface area contributed by atoms with Gasteiger partial charge in [-0.15, -0.1) is 0 Å². The van der Waals surface area contributed by atoms with E-state index in [9.17, 15) is 0 Å². The molecule has 0 aliphatic carbocycles. The standard InChI is InChI=1S/C26H33ClN4/c1-17(2)31-14-11-19(12-15-31)20-4-9-23-24(16-20)25(10-13-29-26(23)18(3)28)30-22-7-5-21(27)6-8-22/h4-9,11,16-17,25,29-30H,10,12-15,28H2,1-3H3/b26-18-. The van der Waals surface area contributed by atoms with Crippen molar-refractivity contribution in [3.63, 3.8) is 0 Å². The van der Waals surface area contributed by atoms with Crippen LogP contribution in [0.5, 0.6) is 0 Å². The van der Waals surface area contributed by atoms with Gasteiger partial charge in [-0.1, -0.05) is 29.8 Å². The van der Waals surface area contributed by atoms with Crippen molar-refractivity contribution in [3.05, 3.63) is 76.0 Å². The molecule has 0 spiro atoms. The molecule has 4 rings (SSSR count). The summed E-state index contributed by atoms with van der Waals surface area (Å²) in [4.78, 5) is 2.51. The molecule has 31 heavy (non-hydrogen) atoms. The van der Waals surface area contributed by atoms with Gasteiger partial charge in [0.15, 0.2) is 0 Å². The molecule has 4 nitrogen and oxygen atoms in total. The number of nitrogens with zero attached hydrogens (tertiary/aromatic N) is 1. The van der Waals surface area contributed by atoms with Gasteiger partial charge in [-0.2, -0.15) is 0 Å². The van der Waals surface area contributed by atoms with Gasteiger partial charge in [0.1, 0.15) is 0 Å². The Balaban J connectivity index is 1.70. The third kappa shape index (κ3) is 4.91. The van der Waals surface area contributed by atoms with Crippen molar-refractivity contribution < 1.29 is 0 Å². The zero-order chi connectivity index (χ0) is 22.0. The molecule has 0 saturated heterocycles. The molecule has 164 valence electrons. The summed E-state index contributed by atoms with van der Waals surface area (Å²) in [5.74, 6) is 0. The molecule has 2 heterocycles. The maximum Gasteiger partial charge on any atom is 0.0605 e. The van der Waals surface area contributed by atoms with E-state index in [1.54, 1.807) is 0 Å². The Hall–Kier alpha value is -2.43. The Morgan fingerprint density at radius 2 is 1.97 bits per heavy atom. The molecule has 0 aromatic heterocycles. The van der Waals surface area contributed by atoms with Gasteiger partial charge >= 0.3 is 0 Å². The summed E-state index contributed by atoms with van der Waals surface area (Å²) >= 11 is 6.08. The second-order valence-corrected chi connectivity index (χ2v) is 9.28. The minimum atomic E-state index is 0.192. The molecule has 0 radical (unpaired) electrons. The lowest BCUT2D eigenvalue weighted by Crippen LogP contribution is -2.34. The lowest BCUT2D eigenvalue weighted by atomic mass is 9.90. The predicted molar refractivity (Wildman–Crippen MR) is 133 cm³/mol. The largest absolute Gasteiger partial charge is 0.401 e. The molecule has 2 aliphatic heterocycles. The molecule has 0 fully saturated rings. The van der Waals surface area contributed by atoms with E-state index < -0.39 is 0 Å². The summed E-state index contributed by atoms with van der Waals surface area (Å²) in [6, 6.07) is 15.6. The Morgan fingerprint density at radius 3 is 2.61 bits per heavy atom. The zero-order valence-electron chi connectivity index (χ0n) is 18.7. The van der Waals surface area contributed by atoms with E-state index in [0.29, 0.717) is 6.04 Å². The first kappa shape index (κ1) is 21.8. The Morgan fingerprint density at radius 1 is 1.19 bits per heavy atom. The number of hydrogen-bond acceptors (Lipinski definition) is 4. The van der Waals surface area contributed by atoms with Crippen molar-refractivity contribution in [2.24, 2.45) is 5.73 Å². The van der Waals surface area contributed by atoms with Crippen molar-refractivity contribution in [2.45, 2.75) is 45.7 Å². The van der Waals surface area contributed by atoms with Gasteiger partial charge in [-0.05, 0) is 80.6 Å². The first-order valence-corrected chi connectivity index (χ1v) is 11.6. The lowest BCUT2D eigenvalue weighted by Gasteiger charge is -2.30. The van der Waals surface area contributed by atoms with Crippen LogP contribution in [0.25, 0.3) is 11.3 Å². The van der Waals surface area contributed by atoms with Crippen molar-refractivity contribution in [1.82, 2.24) is 10.2 Å². The zero-order valence-corrected chi connectivity index (χ0v) is 19.5. The van der Waals surface area contributed by atoms with Crippen molar-refractivity contribution in [1.29, 1.82) is 0 Å². The molecular weight excluding hydrogens is 404 g/mol. The monoisotopic (exact) mass is 436 g/mol. The highest BCUT2D eigenvalue weighted by molar-refractivity contribution is 6.30. The number of halogens is 1. The van der Waals surface area contributed by atoms with Crippen LogP contribution in [0.3, 0.4) is 0 Å². The average Bonchev–Trinajstić information content (AvgIpc) is 2.94. The molecule has 0 amide bonds. The summed E-state index contributed by atoms with van der Waals surface area (Å²) in [6.45, 7) is 9.50. The van der Waals surface area contributed by atoms with E-state index in [2.05, 4.69) is 53.7 Å². The molecule has 1 atom stereocenters. The highest BCUT2D eigenvalue weighted by atomic mass is 35.5. The molecule has 0 saturated carbocycles.